The molecule has 0 saturated carbocycles. The second kappa shape index (κ2) is 6.30. The van der Waals surface area contributed by atoms with Gasteiger partial charge >= 0.3 is 5.97 Å². The molecule has 0 saturated heterocycles. The highest BCUT2D eigenvalue weighted by molar-refractivity contribution is 7.80. The number of nitrogens with two attached hydrogens (primary N) is 1. The Bertz CT molecular complexity index is 431. The second-order valence-corrected chi connectivity index (χ2v) is 4.51. The molecule has 0 aliphatic carbocycles. The topological polar surface area (TPSA) is 68.5 Å². The van der Waals surface area contributed by atoms with E-state index in [1.165, 1.54) is 7.11 Å². The highest BCUT2D eigenvalue weighted by atomic mass is 32.1. The lowest BCUT2D eigenvalue weighted by Crippen LogP contribution is -2.36. The number of methoxy groups -OCH3 is 1. The van der Waals surface area contributed by atoms with Crippen LogP contribution in [0.5, 0.6) is 0 Å². The summed E-state index contributed by atoms with van der Waals surface area (Å²) >= 11 is 4.86. The van der Waals surface area contributed by atoms with Crippen LogP contribution in [0.25, 0.3) is 0 Å². The molecule has 1 rings (SSSR count). The molecule has 1 heterocycles. The minimum Gasteiger partial charge on any atom is -0.468 e. The van der Waals surface area contributed by atoms with Crippen LogP contribution in [0, 0.1) is 0 Å². The fourth-order valence-electron chi connectivity index (χ4n) is 1.43. The van der Waals surface area contributed by atoms with Crippen LogP contribution in [0.2, 0.25) is 0 Å². The maximum atomic E-state index is 11.3. The van der Waals surface area contributed by atoms with Crippen LogP contribution in [-0.2, 0) is 9.53 Å². The molecular weight excluding hydrogens is 250 g/mol. The zero-order chi connectivity index (χ0) is 13.7. The highest BCUT2D eigenvalue weighted by Gasteiger charge is 2.16. The monoisotopic (exact) mass is 267 g/mol. The third kappa shape index (κ3) is 3.66. The summed E-state index contributed by atoms with van der Waals surface area (Å²) in [7, 11) is 1.37. The maximum absolute atomic E-state index is 11.3. The Kier molecular flexibility index (Phi) is 5.03. The van der Waals surface area contributed by atoms with Crippen molar-refractivity contribution in [1.82, 2.24) is 4.98 Å². The molecule has 0 aliphatic rings. The van der Waals surface area contributed by atoms with E-state index in [4.69, 9.17) is 18.0 Å². The van der Waals surface area contributed by atoms with Gasteiger partial charge in [0.25, 0.3) is 0 Å². The zero-order valence-electron chi connectivity index (χ0n) is 10.7. The van der Waals surface area contributed by atoms with Gasteiger partial charge in [0, 0.05) is 17.8 Å². The Morgan fingerprint density at radius 2 is 2.22 bits per heavy atom. The molecule has 0 radical (unpaired) electrons. The van der Waals surface area contributed by atoms with Crippen LogP contribution < -0.4 is 10.6 Å². The number of hydrogen-bond donors (Lipinski definition) is 1. The maximum Gasteiger partial charge on any atom is 0.325 e. The summed E-state index contributed by atoms with van der Waals surface area (Å²) in [5.41, 5.74) is 6.21. The van der Waals surface area contributed by atoms with E-state index in [-0.39, 0.29) is 18.6 Å². The number of anilines is 1. The van der Waals surface area contributed by atoms with Crippen molar-refractivity contribution in [3.8, 4) is 0 Å². The molecule has 98 valence electrons. The first-order chi connectivity index (χ1) is 8.45. The Hall–Kier alpha value is -1.69. The number of pyridine rings is 1. The van der Waals surface area contributed by atoms with Crippen molar-refractivity contribution in [2.75, 3.05) is 18.6 Å². The van der Waals surface area contributed by atoms with E-state index in [0.29, 0.717) is 16.4 Å². The molecule has 1 aromatic rings. The van der Waals surface area contributed by atoms with Gasteiger partial charge in [-0.15, -0.1) is 0 Å². The number of ether oxygens (including phenoxy) is 1. The summed E-state index contributed by atoms with van der Waals surface area (Å²) in [5, 5.41) is 0. The largest absolute Gasteiger partial charge is 0.468 e. The standard InChI is InChI=1S/C12H17N3O2S/c1-8(2)15(7-11(16)17-3)10-5-4-9(6-14-10)12(13)18/h4-6,8H,7H2,1-3H3,(H2,13,18). The lowest BCUT2D eigenvalue weighted by atomic mass is 10.2. The van der Waals surface area contributed by atoms with Crippen LogP contribution in [0.1, 0.15) is 19.4 Å². The summed E-state index contributed by atoms with van der Waals surface area (Å²) in [5.74, 6) is 0.388. The predicted molar refractivity (Wildman–Crippen MR) is 74.6 cm³/mol. The number of rotatable bonds is 5. The molecule has 0 unspecified atom stereocenters. The first kappa shape index (κ1) is 14.4. The van der Waals surface area contributed by atoms with Gasteiger partial charge in [-0.05, 0) is 26.0 Å². The van der Waals surface area contributed by atoms with Crippen LogP contribution in [0.4, 0.5) is 5.82 Å². The van der Waals surface area contributed by atoms with Crippen LogP contribution in [0.15, 0.2) is 18.3 Å². The van der Waals surface area contributed by atoms with E-state index in [1.54, 1.807) is 18.3 Å². The van der Waals surface area contributed by atoms with Crippen molar-refractivity contribution < 1.29 is 9.53 Å². The van der Waals surface area contributed by atoms with E-state index in [0.717, 1.165) is 0 Å². The molecule has 0 aliphatic heterocycles. The van der Waals surface area contributed by atoms with E-state index < -0.39 is 0 Å². The molecule has 0 aromatic carbocycles. The molecule has 5 nitrogen and oxygen atoms in total. The lowest BCUT2D eigenvalue weighted by molar-refractivity contribution is -0.139. The lowest BCUT2D eigenvalue weighted by Gasteiger charge is -2.26. The Morgan fingerprint density at radius 1 is 1.56 bits per heavy atom. The molecule has 0 amide bonds. The van der Waals surface area contributed by atoms with E-state index in [9.17, 15) is 4.79 Å². The first-order valence-electron chi connectivity index (χ1n) is 5.55. The molecule has 1 aromatic heterocycles. The van der Waals surface area contributed by atoms with Crippen LogP contribution in [-0.4, -0.2) is 35.6 Å². The molecule has 2 N–H and O–H groups in total. The average molecular weight is 267 g/mol. The Morgan fingerprint density at radius 3 is 2.61 bits per heavy atom. The quantitative estimate of drug-likeness (QED) is 0.636. The van der Waals surface area contributed by atoms with E-state index in [1.807, 2.05) is 18.7 Å². The third-order valence-corrected chi connectivity index (χ3v) is 2.71. The van der Waals surface area contributed by atoms with Crippen LogP contribution >= 0.6 is 12.2 Å². The van der Waals surface area contributed by atoms with Gasteiger partial charge in [0.2, 0.25) is 0 Å². The van der Waals surface area contributed by atoms with Gasteiger partial charge in [-0.2, -0.15) is 0 Å². The fraction of sp³-hybridized carbons (Fsp3) is 0.417. The third-order valence-electron chi connectivity index (χ3n) is 2.48. The number of hydrogen-bond acceptors (Lipinski definition) is 5. The molecule has 0 spiro atoms. The average Bonchev–Trinajstić information content (AvgIpc) is 2.35. The van der Waals surface area contributed by atoms with Crippen molar-refractivity contribution in [3.05, 3.63) is 23.9 Å². The summed E-state index contributed by atoms with van der Waals surface area (Å²) in [6.07, 6.45) is 1.60. The fourth-order valence-corrected chi connectivity index (χ4v) is 1.55. The first-order valence-corrected chi connectivity index (χ1v) is 5.95. The number of carbonyl (C=O) groups excluding carboxylic acids is 1. The van der Waals surface area contributed by atoms with Crippen LogP contribution in [0.3, 0.4) is 0 Å². The number of nitrogens with zero attached hydrogens (tertiary/aromatic N) is 2. The molecule has 18 heavy (non-hydrogen) atoms. The summed E-state index contributed by atoms with van der Waals surface area (Å²) in [4.78, 5) is 17.7. The van der Waals surface area contributed by atoms with Gasteiger partial charge in [-0.1, -0.05) is 12.2 Å². The predicted octanol–water partition coefficient (Wildman–Crippen LogP) is 1.10. The number of carbonyl (C=O) groups is 1. The normalized spacial score (nSPS) is 10.2. The van der Waals surface area contributed by atoms with Crippen molar-refractivity contribution >= 4 is 29.0 Å². The second-order valence-electron chi connectivity index (χ2n) is 4.07. The molecule has 0 fully saturated rings. The Labute approximate surface area is 112 Å². The van der Waals surface area contributed by atoms with Gasteiger partial charge in [-0.3, -0.25) is 4.79 Å². The van der Waals surface area contributed by atoms with Gasteiger partial charge < -0.3 is 15.4 Å². The Balaban J connectivity index is 2.92. The number of aromatic nitrogens is 1. The van der Waals surface area contributed by atoms with E-state index >= 15 is 0 Å². The van der Waals surface area contributed by atoms with Gasteiger partial charge in [0.05, 0.1) is 7.11 Å². The summed E-state index contributed by atoms with van der Waals surface area (Å²) in [6, 6.07) is 3.71. The van der Waals surface area contributed by atoms with Gasteiger partial charge in [0.1, 0.15) is 17.4 Å². The highest BCUT2D eigenvalue weighted by Crippen LogP contribution is 2.14. The summed E-state index contributed by atoms with van der Waals surface area (Å²) < 4.78 is 4.67. The minimum absolute atomic E-state index is 0.132. The van der Waals surface area contributed by atoms with Gasteiger partial charge in [0.15, 0.2) is 0 Å². The molecule has 0 bridgehead atoms. The minimum atomic E-state index is -0.302. The number of esters is 1. The number of thiocarbonyl (C=S) groups is 1. The zero-order valence-corrected chi connectivity index (χ0v) is 11.5. The van der Waals surface area contributed by atoms with Crippen molar-refractivity contribution in [3.63, 3.8) is 0 Å². The van der Waals surface area contributed by atoms with Crippen molar-refractivity contribution in [2.45, 2.75) is 19.9 Å². The summed E-state index contributed by atoms with van der Waals surface area (Å²) in [6.45, 7) is 4.12. The van der Waals surface area contributed by atoms with E-state index in [2.05, 4.69) is 9.72 Å². The molecular formula is C12H17N3O2S. The molecule has 0 atom stereocenters. The van der Waals surface area contributed by atoms with Crippen molar-refractivity contribution in [1.29, 1.82) is 0 Å². The molecule has 6 heteroatoms. The van der Waals surface area contributed by atoms with Gasteiger partial charge in [-0.25, -0.2) is 4.98 Å². The smallest absolute Gasteiger partial charge is 0.325 e. The van der Waals surface area contributed by atoms with Crippen molar-refractivity contribution in [2.24, 2.45) is 5.73 Å². The SMILES string of the molecule is COC(=O)CN(c1ccc(C(N)=S)cn1)C(C)C.